The van der Waals surface area contributed by atoms with Gasteiger partial charge in [0.15, 0.2) is 3.77 Å². The van der Waals surface area contributed by atoms with Crippen LogP contribution in [0.15, 0.2) is 39.7 Å². The highest BCUT2D eigenvalue weighted by Gasteiger charge is 2.36. The van der Waals surface area contributed by atoms with Gasteiger partial charge in [0.05, 0.1) is 10.6 Å². The Morgan fingerprint density at radius 1 is 1.27 bits per heavy atom. The quantitative estimate of drug-likeness (QED) is 0.521. The molecule has 134 valence electrons. The Labute approximate surface area is 163 Å². The molecule has 1 saturated heterocycles. The molecular weight excluding hydrogens is 481 g/mol. The molecule has 1 N–H and O–H groups in total. The molecular formula is C16H9F2IN2O4S. The molecule has 10 heteroatoms. The molecule has 1 aliphatic rings. The fourth-order valence-electron chi connectivity index (χ4n) is 2.10. The van der Waals surface area contributed by atoms with Gasteiger partial charge in [-0.05, 0) is 58.6 Å². The highest BCUT2D eigenvalue weighted by Crippen LogP contribution is 2.32. The standard InChI is InChI=1S/C16H9F2IN2O4S/c17-8-1-3-11(10(18)5-8)20-14(22)7-21-15(23)12(26-16(21)24)6-9-2-4-13(19)25-9/h1-6H,7H2,(H,20,22)/b12-6-. The minimum Gasteiger partial charge on any atom is -0.451 e. The number of furan rings is 1. The van der Waals surface area contributed by atoms with E-state index in [1.165, 1.54) is 6.08 Å². The fourth-order valence-corrected chi connectivity index (χ4v) is 3.35. The van der Waals surface area contributed by atoms with Crippen molar-refractivity contribution in [2.75, 3.05) is 11.9 Å². The Morgan fingerprint density at radius 2 is 2.04 bits per heavy atom. The second kappa shape index (κ2) is 7.58. The van der Waals surface area contributed by atoms with Crippen molar-refractivity contribution < 1.29 is 27.6 Å². The number of nitrogens with zero attached hydrogens (tertiary/aromatic N) is 1. The summed E-state index contributed by atoms with van der Waals surface area (Å²) in [4.78, 5) is 37.1. The first-order valence-electron chi connectivity index (χ1n) is 7.09. The molecule has 26 heavy (non-hydrogen) atoms. The summed E-state index contributed by atoms with van der Waals surface area (Å²) >= 11 is 2.63. The average Bonchev–Trinajstić information content (AvgIpc) is 3.09. The predicted molar refractivity (Wildman–Crippen MR) is 99.1 cm³/mol. The molecule has 1 aromatic carbocycles. The number of amides is 3. The van der Waals surface area contributed by atoms with Crippen molar-refractivity contribution >= 4 is 63.2 Å². The highest BCUT2D eigenvalue weighted by molar-refractivity contribution is 14.1. The number of imide groups is 1. The van der Waals surface area contributed by atoms with E-state index in [0.29, 0.717) is 27.4 Å². The number of nitrogens with one attached hydrogen (secondary N) is 1. The van der Waals surface area contributed by atoms with E-state index in [0.717, 1.165) is 17.0 Å². The lowest BCUT2D eigenvalue weighted by Crippen LogP contribution is -2.36. The van der Waals surface area contributed by atoms with Crippen LogP contribution in [0.2, 0.25) is 0 Å². The zero-order chi connectivity index (χ0) is 18.8. The van der Waals surface area contributed by atoms with Gasteiger partial charge in [-0.15, -0.1) is 0 Å². The van der Waals surface area contributed by atoms with Crippen LogP contribution in [0.3, 0.4) is 0 Å². The topological polar surface area (TPSA) is 79.6 Å². The van der Waals surface area contributed by atoms with Crippen LogP contribution in [0, 0.1) is 15.4 Å². The molecule has 6 nitrogen and oxygen atoms in total. The van der Waals surface area contributed by atoms with Gasteiger partial charge in [0.2, 0.25) is 5.91 Å². The van der Waals surface area contributed by atoms with Crippen LogP contribution in [0.4, 0.5) is 19.3 Å². The summed E-state index contributed by atoms with van der Waals surface area (Å²) in [5.74, 6) is -2.78. The zero-order valence-electron chi connectivity index (χ0n) is 12.8. The fraction of sp³-hybridized carbons (Fsp3) is 0.0625. The van der Waals surface area contributed by atoms with Gasteiger partial charge >= 0.3 is 0 Å². The van der Waals surface area contributed by atoms with Crippen molar-refractivity contribution in [1.82, 2.24) is 4.90 Å². The molecule has 3 rings (SSSR count). The van der Waals surface area contributed by atoms with Crippen molar-refractivity contribution in [3.63, 3.8) is 0 Å². The Kier molecular flexibility index (Phi) is 5.41. The highest BCUT2D eigenvalue weighted by atomic mass is 127. The largest absolute Gasteiger partial charge is 0.451 e. The molecule has 1 aromatic heterocycles. The first kappa shape index (κ1) is 18.6. The Morgan fingerprint density at radius 3 is 2.69 bits per heavy atom. The summed E-state index contributed by atoms with van der Waals surface area (Å²) in [6, 6.07) is 5.98. The lowest BCUT2D eigenvalue weighted by molar-refractivity contribution is -0.127. The molecule has 0 saturated carbocycles. The third kappa shape index (κ3) is 4.12. The molecule has 0 bridgehead atoms. The van der Waals surface area contributed by atoms with Crippen molar-refractivity contribution in [2.24, 2.45) is 0 Å². The van der Waals surface area contributed by atoms with Gasteiger partial charge in [-0.1, -0.05) is 0 Å². The van der Waals surface area contributed by atoms with E-state index in [-0.39, 0.29) is 10.6 Å². The van der Waals surface area contributed by atoms with Gasteiger partial charge in [0, 0.05) is 12.1 Å². The number of rotatable bonds is 4. The van der Waals surface area contributed by atoms with Gasteiger partial charge in [0.1, 0.15) is 23.9 Å². The van der Waals surface area contributed by atoms with Crippen molar-refractivity contribution in [3.8, 4) is 0 Å². The number of carbonyl (C=O) groups is 3. The molecule has 0 spiro atoms. The maximum atomic E-state index is 13.6. The van der Waals surface area contributed by atoms with Crippen LogP contribution >= 0.6 is 34.4 Å². The van der Waals surface area contributed by atoms with E-state index in [1.807, 2.05) is 22.6 Å². The van der Waals surface area contributed by atoms with Crippen molar-refractivity contribution in [1.29, 1.82) is 0 Å². The van der Waals surface area contributed by atoms with E-state index in [9.17, 15) is 23.2 Å². The molecule has 2 aromatic rings. The molecule has 0 unspecified atom stereocenters. The normalized spacial score (nSPS) is 15.8. The molecule has 1 fully saturated rings. The van der Waals surface area contributed by atoms with Gasteiger partial charge < -0.3 is 9.73 Å². The Balaban J connectivity index is 1.69. The number of hydrogen-bond acceptors (Lipinski definition) is 5. The van der Waals surface area contributed by atoms with Crippen LogP contribution in [0.5, 0.6) is 0 Å². The third-order valence-electron chi connectivity index (χ3n) is 3.25. The van der Waals surface area contributed by atoms with E-state index in [4.69, 9.17) is 4.42 Å². The minimum atomic E-state index is -0.959. The summed E-state index contributed by atoms with van der Waals surface area (Å²) in [5, 5.41) is 1.57. The van der Waals surface area contributed by atoms with E-state index in [1.54, 1.807) is 12.1 Å². The van der Waals surface area contributed by atoms with Crippen LogP contribution in [0.25, 0.3) is 6.08 Å². The van der Waals surface area contributed by atoms with E-state index < -0.39 is 35.2 Å². The molecule has 3 amide bonds. The maximum Gasteiger partial charge on any atom is 0.294 e. The third-order valence-corrected chi connectivity index (χ3v) is 4.74. The zero-order valence-corrected chi connectivity index (χ0v) is 15.8. The minimum absolute atomic E-state index is 0.113. The van der Waals surface area contributed by atoms with Gasteiger partial charge in [-0.3, -0.25) is 19.3 Å². The first-order chi connectivity index (χ1) is 12.3. The lowest BCUT2D eigenvalue weighted by Gasteiger charge is -2.12. The van der Waals surface area contributed by atoms with Crippen molar-refractivity contribution in [2.45, 2.75) is 0 Å². The summed E-state index contributed by atoms with van der Waals surface area (Å²) < 4.78 is 32.4. The number of hydrogen-bond donors (Lipinski definition) is 1. The summed E-state index contributed by atoms with van der Waals surface area (Å²) in [7, 11) is 0. The molecule has 1 aliphatic heterocycles. The number of benzene rings is 1. The second-order valence-electron chi connectivity index (χ2n) is 5.08. The molecule has 0 aliphatic carbocycles. The van der Waals surface area contributed by atoms with Gasteiger partial charge in [0.25, 0.3) is 11.1 Å². The average molecular weight is 490 g/mol. The molecule has 2 heterocycles. The van der Waals surface area contributed by atoms with E-state index >= 15 is 0 Å². The maximum absolute atomic E-state index is 13.6. The predicted octanol–water partition coefficient (Wildman–Crippen LogP) is 3.84. The number of anilines is 1. The number of halogens is 3. The van der Waals surface area contributed by atoms with Crippen LogP contribution in [0.1, 0.15) is 5.76 Å². The summed E-state index contributed by atoms with van der Waals surface area (Å²) in [6.45, 7) is -0.589. The monoisotopic (exact) mass is 490 g/mol. The van der Waals surface area contributed by atoms with Crippen LogP contribution < -0.4 is 5.32 Å². The number of carbonyl (C=O) groups excluding carboxylic acids is 3. The van der Waals surface area contributed by atoms with Crippen LogP contribution in [-0.4, -0.2) is 28.5 Å². The summed E-state index contributed by atoms with van der Waals surface area (Å²) in [6.07, 6.45) is 1.41. The van der Waals surface area contributed by atoms with Gasteiger partial charge in [-0.2, -0.15) is 0 Å². The molecule has 0 radical (unpaired) electrons. The Hall–Kier alpha value is -2.21. The molecule has 0 atom stereocenters. The van der Waals surface area contributed by atoms with E-state index in [2.05, 4.69) is 5.32 Å². The smallest absolute Gasteiger partial charge is 0.294 e. The van der Waals surface area contributed by atoms with Crippen molar-refractivity contribution in [3.05, 3.63) is 56.4 Å². The summed E-state index contributed by atoms with van der Waals surface area (Å²) in [5.41, 5.74) is -0.246. The number of thioether (sulfide) groups is 1. The SMILES string of the molecule is O=C(CN1C(=O)S/C(=C\c2ccc(I)o2)C1=O)Nc1ccc(F)cc1F. The van der Waals surface area contributed by atoms with Gasteiger partial charge in [-0.25, -0.2) is 8.78 Å². The van der Waals surface area contributed by atoms with Crippen LogP contribution in [-0.2, 0) is 9.59 Å². The second-order valence-corrected chi connectivity index (χ2v) is 7.14. The first-order valence-corrected chi connectivity index (χ1v) is 8.98. The lowest BCUT2D eigenvalue weighted by atomic mass is 10.3. The Bertz CT molecular complexity index is 944.